The van der Waals surface area contributed by atoms with Crippen LogP contribution < -0.4 is 10.6 Å². The molecule has 5 rings (SSSR count). The minimum atomic E-state index is -0.763. The highest BCUT2D eigenvalue weighted by Gasteiger charge is 2.33. The molecule has 2 atom stereocenters. The van der Waals surface area contributed by atoms with Crippen LogP contribution >= 0.6 is 0 Å². The number of rotatable bonds is 6. The van der Waals surface area contributed by atoms with E-state index in [9.17, 15) is 14.0 Å². The molecule has 184 valence electrons. The first-order valence-electron chi connectivity index (χ1n) is 11.9. The van der Waals surface area contributed by atoms with E-state index in [0.717, 1.165) is 35.0 Å². The van der Waals surface area contributed by atoms with Crippen molar-refractivity contribution in [3.63, 3.8) is 0 Å². The Bertz CT molecular complexity index is 1390. The van der Waals surface area contributed by atoms with E-state index in [1.165, 1.54) is 6.07 Å². The van der Waals surface area contributed by atoms with Crippen molar-refractivity contribution < 1.29 is 14.0 Å². The lowest BCUT2D eigenvalue weighted by Crippen LogP contribution is -2.51. The third kappa shape index (κ3) is 4.70. The van der Waals surface area contributed by atoms with Crippen LogP contribution in [0.2, 0.25) is 0 Å². The van der Waals surface area contributed by atoms with Gasteiger partial charge in [0, 0.05) is 54.1 Å². The molecule has 8 nitrogen and oxygen atoms in total. The Labute approximate surface area is 207 Å². The Morgan fingerprint density at radius 2 is 1.94 bits per heavy atom. The number of carbonyl (C=O) groups excluding carboxylic acids is 2. The largest absolute Gasteiger partial charge is 0.358 e. The van der Waals surface area contributed by atoms with Crippen molar-refractivity contribution in [1.82, 2.24) is 30.7 Å². The molecule has 2 amide bonds. The van der Waals surface area contributed by atoms with E-state index < -0.39 is 11.9 Å². The predicted molar refractivity (Wildman–Crippen MR) is 135 cm³/mol. The van der Waals surface area contributed by atoms with Crippen molar-refractivity contribution in [2.24, 2.45) is 0 Å². The fourth-order valence-electron chi connectivity index (χ4n) is 4.85. The fraction of sp³-hybridized carbons (Fsp3) is 0.259. The van der Waals surface area contributed by atoms with Gasteiger partial charge in [0.2, 0.25) is 5.91 Å². The van der Waals surface area contributed by atoms with Gasteiger partial charge in [-0.15, -0.1) is 0 Å². The first-order chi connectivity index (χ1) is 17.5. The highest BCUT2D eigenvalue weighted by molar-refractivity contribution is 6.01. The van der Waals surface area contributed by atoms with Crippen LogP contribution in [0.5, 0.6) is 0 Å². The smallest absolute Gasteiger partial charge is 0.251 e. The average molecular weight is 487 g/mol. The van der Waals surface area contributed by atoms with E-state index in [1.54, 1.807) is 43.7 Å². The van der Waals surface area contributed by atoms with Gasteiger partial charge in [-0.2, -0.15) is 5.10 Å². The number of piperidine rings is 1. The van der Waals surface area contributed by atoms with Gasteiger partial charge in [0.05, 0.1) is 5.52 Å². The molecule has 3 N–H and O–H groups in total. The number of nitrogens with one attached hydrogen (secondary N) is 3. The second-order valence-electron chi connectivity index (χ2n) is 8.91. The second-order valence-corrected chi connectivity index (χ2v) is 8.91. The van der Waals surface area contributed by atoms with Crippen LogP contribution in [-0.2, 0) is 4.79 Å². The zero-order chi connectivity index (χ0) is 25.1. The Morgan fingerprint density at radius 3 is 2.72 bits per heavy atom. The number of carbonyl (C=O) groups is 2. The summed E-state index contributed by atoms with van der Waals surface area (Å²) in [5.41, 5.74) is 3.35. The third-order valence-electron chi connectivity index (χ3n) is 6.63. The summed E-state index contributed by atoms with van der Waals surface area (Å²) < 4.78 is 14.6. The number of aromatic amines is 1. The van der Waals surface area contributed by atoms with Crippen molar-refractivity contribution in [2.75, 3.05) is 20.1 Å². The predicted octanol–water partition coefficient (Wildman–Crippen LogP) is 3.45. The quantitative estimate of drug-likeness (QED) is 0.387. The maximum absolute atomic E-state index is 14.6. The van der Waals surface area contributed by atoms with Gasteiger partial charge in [0.25, 0.3) is 5.91 Å². The van der Waals surface area contributed by atoms with Crippen molar-refractivity contribution in [3.05, 3.63) is 83.9 Å². The number of pyridine rings is 1. The minimum absolute atomic E-state index is 0.176. The number of nitrogens with zero attached hydrogens (tertiary/aromatic N) is 3. The van der Waals surface area contributed by atoms with Crippen LogP contribution in [0, 0.1) is 5.82 Å². The van der Waals surface area contributed by atoms with Crippen molar-refractivity contribution in [1.29, 1.82) is 0 Å². The fourth-order valence-corrected chi connectivity index (χ4v) is 4.85. The normalized spacial score (nSPS) is 17.0. The molecule has 2 aromatic carbocycles. The first kappa shape index (κ1) is 23.6. The number of fused-ring (bicyclic) bond motifs is 1. The standard InChI is InChI=1S/C27H27FN6O2/c1-29-27(36)25(20-6-2-3-7-22(20)28)34-14-4-5-19(16-34)31-26(35)18-8-9-23-21(15-18)24(33-32-23)17-10-12-30-13-11-17/h2-3,6-13,15,19,25H,4-5,14,16H2,1H3,(H,29,36)(H,31,35)(H,32,33)/t19-,25?/m1/s1. The summed E-state index contributed by atoms with van der Waals surface area (Å²) in [5.74, 6) is -0.898. The van der Waals surface area contributed by atoms with Crippen molar-refractivity contribution >= 4 is 22.7 Å². The lowest BCUT2D eigenvalue weighted by atomic mass is 9.98. The maximum Gasteiger partial charge on any atom is 0.251 e. The topological polar surface area (TPSA) is 103 Å². The van der Waals surface area contributed by atoms with Crippen LogP contribution in [0.1, 0.15) is 34.8 Å². The molecule has 1 aliphatic heterocycles. The molecule has 3 heterocycles. The van der Waals surface area contributed by atoms with Gasteiger partial charge >= 0.3 is 0 Å². The zero-order valence-electron chi connectivity index (χ0n) is 19.9. The Balaban J connectivity index is 1.35. The van der Waals surface area contributed by atoms with Crippen molar-refractivity contribution in [3.8, 4) is 11.3 Å². The van der Waals surface area contributed by atoms with Crippen LogP contribution in [-0.4, -0.2) is 58.1 Å². The number of hydrogen-bond acceptors (Lipinski definition) is 5. The molecule has 0 saturated carbocycles. The lowest BCUT2D eigenvalue weighted by Gasteiger charge is -2.37. The minimum Gasteiger partial charge on any atom is -0.358 e. The van der Waals surface area contributed by atoms with Gasteiger partial charge in [-0.25, -0.2) is 4.39 Å². The van der Waals surface area contributed by atoms with Crippen LogP contribution in [0.4, 0.5) is 4.39 Å². The number of likely N-dealkylation sites (N-methyl/N-ethyl adjacent to an activating group) is 1. The third-order valence-corrected chi connectivity index (χ3v) is 6.63. The SMILES string of the molecule is CNC(=O)C(c1ccccc1F)N1CCC[C@@H](NC(=O)c2ccc3[nH]nc(-c4ccncc4)c3c2)C1. The molecule has 2 aromatic heterocycles. The number of aromatic nitrogens is 3. The maximum atomic E-state index is 14.6. The molecule has 0 bridgehead atoms. The van der Waals surface area contributed by atoms with E-state index in [4.69, 9.17) is 0 Å². The molecule has 4 aromatic rings. The lowest BCUT2D eigenvalue weighted by molar-refractivity contribution is -0.126. The van der Waals surface area contributed by atoms with Crippen LogP contribution in [0.3, 0.4) is 0 Å². The highest BCUT2D eigenvalue weighted by Crippen LogP contribution is 2.28. The molecule has 0 aliphatic carbocycles. The van der Waals surface area contributed by atoms with E-state index in [0.29, 0.717) is 24.2 Å². The summed E-state index contributed by atoms with van der Waals surface area (Å²) in [6.07, 6.45) is 4.96. The van der Waals surface area contributed by atoms with Gasteiger partial charge in [-0.1, -0.05) is 18.2 Å². The monoisotopic (exact) mass is 486 g/mol. The summed E-state index contributed by atoms with van der Waals surface area (Å²) in [6, 6.07) is 14.6. The van der Waals surface area contributed by atoms with Gasteiger partial charge in [0.15, 0.2) is 0 Å². The molecule has 1 fully saturated rings. The number of amides is 2. The number of halogens is 1. The summed E-state index contributed by atoms with van der Waals surface area (Å²) >= 11 is 0. The molecule has 1 saturated heterocycles. The second kappa shape index (κ2) is 10.2. The molecule has 0 radical (unpaired) electrons. The van der Waals surface area contributed by atoms with Gasteiger partial charge < -0.3 is 10.6 Å². The highest BCUT2D eigenvalue weighted by atomic mass is 19.1. The van der Waals surface area contributed by atoms with E-state index in [-0.39, 0.29) is 17.9 Å². The first-order valence-corrected chi connectivity index (χ1v) is 11.9. The van der Waals surface area contributed by atoms with Gasteiger partial charge in [-0.3, -0.25) is 24.6 Å². The van der Waals surface area contributed by atoms with Crippen LogP contribution in [0.25, 0.3) is 22.2 Å². The number of hydrogen-bond donors (Lipinski definition) is 3. The van der Waals surface area contributed by atoms with E-state index in [1.807, 2.05) is 29.2 Å². The number of H-pyrrole nitrogens is 1. The molecule has 0 spiro atoms. The van der Waals surface area contributed by atoms with Crippen molar-refractivity contribution in [2.45, 2.75) is 24.9 Å². The summed E-state index contributed by atoms with van der Waals surface area (Å²) in [4.78, 5) is 31.9. The summed E-state index contributed by atoms with van der Waals surface area (Å²) in [6.45, 7) is 1.07. The molecule has 1 unspecified atom stereocenters. The summed E-state index contributed by atoms with van der Waals surface area (Å²) in [5, 5.41) is 14.0. The number of benzene rings is 2. The zero-order valence-corrected chi connectivity index (χ0v) is 19.9. The van der Waals surface area contributed by atoms with E-state index >= 15 is 0 Å². The Kier molecular flexibility index (Phi) is 6.73. The molecule has 36 heavy (non-hydrogen) atoms. The van der Waals surface area contributed by atoms with E-state index in [2.05, 4.69) is 25.8 Å². The molecular formula is C27H27FN6O2. The summed E-state index contributed by atoms with van der Waals surface area (Å²) in [7, 11) is 1.55. The molecule has 1 aliphatic rings. The number of likely N-dealkylation sites (tertiary alicyclic amines) is 1. The Morgan fingerprint density at radius 1 is 1.14 bits per heavy atom. The average Bonchev–Trinajstić information content (AvgIpc) is 3.34. The molecular weight excluding hydrogens is 459 g/mol. The Hall–Kier alpha value is -4.11. The molecule has 9 heteroatoms. The van der Waals surface area contributed by atoms with Gasteiger partial charge in [0.1, 0.15) is 17.6 Å². The van der Waals surface area contributed by atoms with Gasteiger partial charge in [-0.05, 0) is 55.8 Å². The van der Waals surface area contributed by atoms with Crippen LogP contribution in [0.15, 0.2) is 67.0 Å².